The summed E-state index contributed by atoms with van der Waals surface area (Å²) in [6.07, 6.45) is 1.67. The van der Waals surface area contributed by atoms with Gasteiger partial charge in [-0.2, -0.15) is 0 Å². The maximum Gasteiger partial charge on any atom is 0.360 e. The van der Waals surface area contributed by atoms with E-state index in [-0.39, 0.29) is 5.69 Å². The number of hydrogen-bond donors (Lipinski definition) is 1. The van der Waals surface area contributed by atoms with Gasteiger partial charge in [-0.15, -0.1) is 0 Å². The fraction of sp³-hybridized carbons (Fsp3) is 0.278. The van der Waals surface area contributed by atoms with Crippen LogP contribution in [0.2, 0.25) is 0 Å². The van der Waals surface area contributed by atoms with E-state index in [4.69, 9.17) is 18.5 Å². The van der Waals surface area contributed by atoms with E-state index >= 15 is 0 Å². The Morgan fingerprint density at radius 3 is 2.73 bits per heavy atom. The van der Waals surface area contributed by atoms with Crippen LogP contribution < -0.4 is 10.1 Å². The quantitative estimate of drug-likeness (QED) is 0.614. The Kier molecular flexibility index (Phi) is 5.65. The van der Waals surface area contributed by atoms with E-state index in [2.05, 4.69) is 15.6 Å². The first kappa shape index (κ1) is 17.7. The van der Waals surface area contributed by atoms with E-state index in [9.17, 15) is 4.79 Å². The first-order valence-electron chi connectivity index (χ1n) is 8.12. The van der Waals surface area contributed by atoms with Gasteiger partial charge < -0.3 is 23.8 Å². The number of esters is 1. The van der Waals surface area contributed by atoms with Crippen LogP contribution in [0.25, 0.3) is 11.1 Å². The predicted molar refractivity (Wildman–Crippen MR) is 91.5 cm³/mol. The molecule has 26 heavy (non-hydrogen) atoms. The molecule has 0 aliphatic carbocycles. The molecule has 0 spiro atoms. The highest BCUT2D eigenvalue weighted by molar-refractivity contribution is 5.87. The van der Waals surface area contributed by atoms with Gasteiger partial charge in [0.05, 0.1) is 33.0 Å². The summed E-state index contributed by atoms with van der Waals surface area (Å²) in [7, 11) is 1.63. The van der Waals surface area contributed by atoms with Gasteiger partial charge in [0.1, 0.15) is 5.75 Å². The zero-order valence-corrected chi connectivity index (χ0v) is 14.5. The van der Waals surface area contributed by atoms with Gasteiger partial charge in [0.2, 0.25) is 0 Å². The molecule has 0 aliphatic heterocycles. The summed E-state index contributed by atoms with van der Waals surface area (Å²) in [5.74, 6) is 1.51. The lowest BCUT2D eigenvalue weighted by molar-refractivity contribution is 0.0514. The molecule has 0 unspecified atom stereocenters. The van der Waals surface area contributed by atoms with E-state index in [1.165, 1.54) is 0 Å². The van der Waals surface area contributed by atoms with Gasteiger partial charge in [-0.05, 0) is 24.6 Å². The number of rotatable bonds is 8. The van der Waals surface area contributed by atoms with Gasteiger partial charge >= 0.3 is 5.97 Å². The molecule has 0 fully saturated rings. The van der Waals surface area contributed by atoms with Crippen LogP contribution in [-0.2, 0) is 17.8 Å². The fourth-order valence-electron chi connectivity index (χ4n) is 2.39. The second kappa shape index (κ2) is 8.30. The molecule has 0 aliphatic rings. The predicted octanol–water partition coefficient (Wildman–Crippen LogP) is 2.80. The molecular weight excluding hydrogens is 338 g/mol. The van der Waals surface area contributed by atoms with Crippen molar-refractivity contribution in [1.82, 2.24) is 15.6 Å². The highest BCUT2D eigenvalue weighted by atomic mass is 16.5. The number of benzene rings is 1. The molecule has 1 aromatic carbocycles. The number of nitrogens with one attached hydrogen (secondary N) is 1. The Hall–Kier alpha value is -3.13. The molecule has 0 saturated heterocycles. The van der Waals surface area contributed by atoms with Crippen LogP contribution in [0.15, 0.2) is 45.6 Å². The molecule has 0 radical (unpaired) electrons. The highest BCUT2D eigenvalue weighted by Gasteiger charge is 2.14. The zero-order chi connectivity index (χ0) is 18.4. The molecule has 3 rings (SSSR count). The Morgan fingerprint density at radius 2 is 2.00 bits per heavy atom. The van der Waals surface area contributed by atoms with Crippen LogP contribution in [0.4, 0.5) is 0 Å². The van der Waals surface area contributed by atoms with Crippen molar-refractivity contribution in [1.29, 1.82) is 0 Å². The average molecular weight is 357 g/mol. The zero-order valence-electron chi connectivity index (χ0n) is 14.5. The summed E-state index contributed by atoms with van der Waals surface area (Å²) in [6.45, 7) is 2.85. The number of hydrogen-bond acceptors (Lipinski definition) is 8. The summed E-state index contributed by atoms with van der Waals surface area (Å²) >= 11 is 0. The molecule has 2 heterocycles. The van der Waals surface area contributed by atoms with Gasteiger partial charge in [-0.1, -0.05) is 22.4 Å². The fourth-order valence-corrected chi connectivity index (χ4v) is 2.39. The molecular formula is C18H19N3O5. The molecule has 0 amide bonds. The summed E-state index contributed by atoms with van der Waals surface area (Å²) in [5.41, 5.74) is 2.03. The number of carbonyl (C=O) groups excluding carboxylic acids is 1. The third-order valence-corrected chi connectivity index (χ3v) is 3.67. The third kappa shape index (κ3) is 4.09. The number of ether oxygens (including phenoxy) is 2. The Morgan fingerprint density at radius 1 is 1.19 bits per heavy atom. The van der Waals surface area contributed by atoms with Crippen molar-refractivity contribution in [2.24, 2.45) is 0 Å². The van der Waals surface area contributed by atoms with Gasteiger partial charge in [0.25, 0.3) is 0 Å². The summed E-state index contributed by atoms with van der Waals surface area (Å²) in [4.78, 5) is 11.6. The van der Waals surface area contributed by atoms with Crippen LogP contribution in [0.3, 0.4) is 0 Å². The van der Waals surface area contributed by atoms with Gasteiger partial charge in [-0.25, -0.2) is 4.79 Å². The Labute approximate surface area is 150 Å². The third-order valence-electron chi connectivity index (χ3n) is 3.67. The van der Waals surface area contributed by atoms with Crippen LogP contribution in [-0.4, -0.2) is 30.0 Å². The smallest absolute Gasteiger partial charge is 0.360 e. The molecule has 8 nitrogen and oxygen atoms in total. The molecule has 1 N–H and O–H groups in total. The first-order valence-corrected chi connectivity index (χ1v) is 8.12. The van der Waals surface area contributed by atoms with Crippen molar-refractivity contribution in [2.45, 2.75) is 20.0 Å². The lowest BCUT2D eigenvalue weighted by Gasteiger charge is -2.04. The number of aromatic nitrogens is 2. The standard InChI is InChI=1S/C18H19N3O5/c1-3-24-18(22)16-8-14(25-21-16)9-19-11-17-15(10-20-26-17)12-4-6-13(23-2)7-5-12/h4-8,10,19H,3,9,11H2,1-2H3. The highest BCUT2D eigenvalue weighted by Crippen LogP contribution is 2.25. The van der Waals surface area contributed by atoms with Crippen molar-refractivity contribution in [2.75, 3.05) is 13.7 Å². The first-order chi connectivity index (χ1) is 12.7. The molecule has 0 saturated carbocycles. The van der Waals surface area contributed by atoms with E-state index in [1.54, 1.807) is 26.3 Å². The summed E-state index contributed by atoms with van der Waals surface area (Å²) in [5, 5.41) is 10.7. The number of nitrogens with zero attached hydrogens (tertiary/aromatic N) is 2. The maximum absolute atomic E-state index is 11.6. The SMILES string of the molecule is CCOC(=O)c1cc(CNCc2oncc2-c2ccc(OC)cc2)on1. The van der Waals surface area contributed by atoms with Crippen molar-refractivity contribution >= 4 is 5.97 Å². The van der Waals surface area contributed by atoms with Crippen molar-refractivity contribution in [3.63, 3.8) is 0 Å². The van der Waals surface area contributed by atoms with Crippen LogP contribution >= 0.6 is 0 Å². The van der Waals surface area contributed by atoms with Crippen molar-refractivity contribution < 1.29 is 23.3 Å². The molecule has 136 valence electrons. The van der Waals surface area contributed by atoms with Crippen LogP contribution in [0.5, 0.6) is 5.75 Å². The van der Waals surface area contributed by atoms with Gasteiger partial charge in [0, 0.05) is 11.6 Å². The Balaban J connectivity index is 1.59. The minimum absolute atomic E-state index is 0.155. The minimum atomic E-state index is -0.500. The van der Waals surface area contributed by atoms with E-state index < -0.39 is 5.97 Å². The van der Waals surface area contributed by atoms with Gasteiger partial charge in [-0.3, -0.25) is 0 Å². The monoisotopic (exact) mass is 357 g/mol. The molecule has 2 aromatic heterocycles. The summed E-state index contributed by atoms with van der Waals surface area (Å²) in [6, 6.07) is 9.19. The number of carbonyl (C=O) groups is 1. The second-order valence-electron chi connectivity index (χ2n) is 5.39. The van der Waals surface area contributed by atoms with E-state index in [0.29, 0.717) is 31.2 Å². The second-order valence-corrected chi connectivity index (χ2v) is 5.39. The van der Waals surface area contributed by atoms with Crippen LogP contribution in [0, 0.1) is 0 Å². The molecule has 8 heteroatoms. The van der Waals surface area contributed by atoms with Crippen molar-refractivity contribution in [3.8, 4) is 16.9 Å². The van der Waals surface area contributed by atoms with E-state index in [1.807, 2.05) is 24.3 Å². The largest absolute Gasteiger partial charge is 0.497 e. The van der Waals surface area contributed by atoms with Gasteiger partial charge in [0.15, 0.2) is 17.2 Å². The Bertz CT molecular complexity index is 854. The van der Waals surface area contributed by atoms with Crippen molar-refractivity contribution in [3.05, 3.63) is 53.7 Å². The average Bonchev–Trinajstić information content (AvgIpc) is 3.32. The molecule has 0 bridgehead atoms. The molecule has 0 atom stereocenters. The summed E-state index contributed by atoms with van der Waals surface area (Å²) < 4.78 is 20.5. The normalized spacial score (nSPS) is 10.7. The lowest BCUT2D eigenvalue weighted by Crippen LogP contribution is -2.12. The molecule has 3 aromatic rings. The topological polar surface area (TPSA) is 99.6 Å². The maximum atomic E-state index is 11.6. The van der Waals surface area contributed by atoms with Crippen LogP contribution in [0.1, 0.15) is 28.9 Å². The number of methoxy groups -OCH3 is 1. The minimum Gasteiger partial charge on any atom is -0.497 e. The van der Waals surface area contributed by atoms with E-state index in [0.717, 1.165) is 16.9 Å². The lowest BCUT2D eigenvalue weighted by atomic mass is 10.1.